The Morgan fingerprint density at radius 3 is 2.80 bits per heavy atom. The van der Waals surface area contributed by atoms with Crippen molar-refractivity contribution in [1.29, 1.82) is 5.26 Å². The lowest BCUT2D eigenvalue weighted by Gasteiger charge is -2.60. The van der Waals surface area contributed by atoms with E-state index in [4.69, 9.17) is 21.6 Å². The van der Waals surface area contributed by atoms with E-state index in [9.17, 15) is 4.79 Å². The van der Waals surface area contributed by atoms with Gasteiger partial charge in [0.1, 0.15) is 23.4 Å². The van der Waals surface area contributed by atoms with Crippen LogP contribution >= 0.6 is 11.6 Å². The van der Waals surface area contributed by atoms with Gasteiger partial charge in [0, 0.05) is 54.9 Å². The van der Waals surface area contributed by atoms with Crippen molar-refractivity contribution in [3.05, 3.63) is 52.7 Å². The average molecular weight is 492 g/mol. The van der Waals surface area contributed by atoms with Crippen LogP contribution in [0, 0.1) is 22.7 Å². The fourth-order valence-corrected chi connectivity index (χ4v) is 5.73. The molecule has 180 valence electrons. The molecule has 3 heterocycles. The standard InChI is InChI=1S/C25H26ClN7O2/c1-28-30-23(18-11-25(12-18)15-32(16-25)22-5-3-4-20(13-27)29-22)33-9-8-31(24(34)35-2)14-17-10-19(26)6-7-21(17)33/h3-7,10,18H,1,8-9,11-12,14-16H2,2H3/b30-23-. The summed E-state index contributed by atoms with van der Waals surface area (Å²) in [7, 11) is 1.39. The zero-order valence-corrected chi connectivity index (χ0v) is 20.3. The zero-order chi connectivity index (χ0) is 24.6. The molecule has 2 fully saturated rings. The molecule has 0 atom stereocenters. The van der Waals surface area contributed by atoms with Gasteiger partial charge in [0.15, 0.2) is 0 Å². The van der Waals surface area contributed by atoms with Crippen LogP contribution in [0.15, 0.2) is 46.6 Å². The lowest BCUT2D eigenvalue weighted by molar-refractivity contribution is 0.0559. The van der Waals surface area contributed by atoms with Crippen molar-refractivity contribution in [3.63, 3.8) is 0 Å². The van der Waals surface area contributed by atoms with Gasteiger partial charge in [-0.15, -0.1) is 5.10 Å². The molecule has 1 aromatic carbocycles. The van der Waals surface area contributed by atoms with Crippen molar-refractivity contribution in [2.75, 3.05) is 43.1 Å². The fourth-order valence-electron chi connectivity index (χ4n) is 5.53. The maximum absolute atomic E-state index is 12.3. The average Bonchev–Trinajstić information content (AvgIpc) is 3.00. The third-order valence-electron chi connectivity index (χ3n) is 7.12. The molecule has 10 heteroatoms. The van der Waals surface area contributed by atoms with Crippen molar-refractivity contribution in [1.82, 2.24) is 9.88 Å². The molecular weight excluding hydrogens is 466 g/mol. The van der Waals surface area contributed by atoms with Crippen LogP contribution in [-0.2, 0) is 11.3 Å². The molecule has 3 aliphatic rings. The summed E-state index contributed by atoms with van der Waals surface area (Å²) < 4.78 is 4.97. The molecule has 1 amide bonds. The van der Waals surface area contributed by atoms with Crippen molar-refractivity contribution in [2.45, 2.75) is 19.4 Å². The smallest absolute Gasteiger partial charge is 0.409 e. The topological polar surface area (TPSA) is 97.4 Å². The number of nitriles is 1. The lowest BCUT2D eigenvalue weighted by atomic mass is 9.57. The van der Waals surface area contributed by atoms with Crippen molar-refractivity contribution in [3.8, 4) is 6.07 Å². The Labute approximate surface area is 209 Å². The number of methoxy groups -OCH3 is 1. The van der Waals surface area contributed by atoms with Gasteiger partial charge in [0.05, 0.1) is 13.7 Å². The molecule has 1 spiro atoms. The van der Waals surface area contributed by atoms with E-state index >= 15 is 0 Å². The minimum absolute atomic E-state index is 0.212. The van der Waals surface area contributed by atoms with E-state index in [2.05, 4.69) is 37.8 Å². The highest BCUT2D eigenvalue weighted by molar-refractivity contribution is 6.30. The van der Waals surface area contributed by atoms with Crippen LogP contribution in [0.3, 0.4) is 0 Å². The Balaban J connectivity index is 1.33. The van der Waals surface area contributed by atoms with Crippen molar-refractivity contribution < 1.29 is 9.53 Å². The van der Waals surface area contributed by atoms with Crippen LogP contribution < -0.4 is 9.80 Å². The number of fused-ring (bicyclic) bond motifs is 1. The predicted molar refractivity (Wildman–Crippen MR) is 135 cm³/mol. The number of ether oxygens (including phenoxy) is 1. The van der Waals surface area contributed by atoms with Gasteiger partial charge in [-0.05, 0) is 48.7 Å². The number of anilines is 2. The van der Waals surface area contributed by atoms with Gasteiger partial charge in [-0.1, -0.05) is 17.7 Å². The molecule has 5 rings (SSSR count). The second kappa shape index (κ2) is 9.19. The number of hydrogen-bond donors (Lipinski definition) is 0. The Morgan fingerprint density at radius 2 is 2.09 bits per heavy atom. The first-order valence-electron chi connectivity index (χ1n) is 11.5. The van der Waals surface area contributed by atoms with Crippen molar-refractivity contribution >= 4 is 41.8 Å². The van der Waals surface area contributed by atoms with Gasteiger partial charge in [0.25, 0.3) is 0 Å². The first kappa shape index (κ1) is 23.1. The number of carbonyl (C=O) groups is 1. The first-order chi connectivity index (χ1) is 16.9. The molecule has 0 bridgehead atoms. The number of amides is 1. The Bertz CT molecular complexity index is 1230. The summed E-state index contributed by atoms with van der Waals surface area (Å²) in [5.41, 5.74) is 2.55. The lowest BCUT2D eigenvalue weighted by Crippen LogP contribution is -2.64. The summed E-state index contributed by atoms with van der Waals surface area (Å²) in [4.78, 5) is 22.8. The van der Waals surface area contributed by atoms with Gasteiger partial charge in [0.2, 0.25) is 0 Å². The van der Waals surface area contributed by atoms with E-state index in [1.807, 2.05) is 30.3 Å². The third-order valence-corrected chi connectivity index (χ3v) is 7.35. The van der Waals surface area contributed by atoms with E-state index in [1.165, 1.54) is 7.11 Å². The molecule has 2 aliphatic heterocycles. The molecule has 2 aromatic rings. The quantitative estimate of drug-likeness (QED) is 0.366. The number of pyridine rings is 1. The molecule has 35 heavy (non-hydrogen) atoms. The first-order valence-corrected chi connectivity index (χ1v) is 11.9. The highest BCUT2D eigenvalue weighted by Gasteiger charge is 2.55. The van der Waals surface area contributed by atoms with Gasteiger partial charge in [-0.2, -0.15) is 10.4 Å². The zero-order valence-electron chi connectivity index (χ0n) is 19.5. The minimum atomic E-state index is -0.371. The van der Waals surface area contributed by atoms with E-state index in [-0.39, 0.29) is 17.4 Å². The van der Waals surface area contributed by atoms with Gasteiger partial charge in [-0.3, -0.25) is 0 Å². The van der Waals surface area contributed by atoms with E-state index in [1.54, 1.807) is 11.0 Å². The Morgan fingerprint density at radius 1 is 1.29 bits per heavy atom. The number of hydrogen-bond acceptors (Lipinski definition) is 7. The van der Waals surface area contributed by atoms with Crippen LogP contribution in [0.5, 0.6) is 0 Å². The Hall–Kier alpha value is -3.64. The van der Waals surface area contributed by atoms with Crippen LogP contribution in [0.1, 0.15) is 24.1 Å². The van der Waals surface area contributed by atoms with Gasteiger partial charge < -0.3 is 19.4 Å². The predicted octanol–water partition coefficient (Wildman–Crippen LogP) is 3.93. The number of aromatic nitrogens is 1. The van der Waals surface area contributed by atoms with Crippen LogP contribution in [0.4, 0.5) is 16.3 Å². The number of amidine groups is 1. The molecule has 1 saturated heterocycles. The summed E-state index contributed by atoms with van der Waals surface area (Å²) in [6.45, 7) is 6.89. The second-order valence-corrected chi connectivity index (χ2v) is 9.81. The summed E-state index contributed by atoms with van der Waals surface area (Å²) in [5.74, 6) is 1.94. The molecule has 0 radical (unpaired) electrons. The number of benzene rings is 1. The highest BCUT2D eigenvalue weighted by atomic mass is 35.5. The minimum Gasteiger partial charge on any atom is -0.453 e. The van der Waals surface area contributed by atoms with E-state index in [0.717, 1.165) is 48.8 Å². The van der Waals surface area contributed by atoms with Crippen LogP contribution in [-0.4, -0.2) is 61.8 Å². The maximum Gasteiger partial charge on any atom is 0.409 e. The fraction of sp³-hybridized carbons (Fsp3) is 0.400. The summed E-state index contributed by atoms with van der Waals surface area (Å²) in [5, 5.41) is 18.1. The monoisotopic (exact) mass is 491 g/mol. The molecule has 0 unspecified atom stereocenters. The molecule has 0 N–H and O–H groups in total. The number of nitrogens with zero attached hydrogens (tertiary/aromatic N) is 7. The number of rotatable bonds is 3. The van der Waals surface area contributed by atoms with Crippen molar-refractivity contribution in [2.24, 2.45) is 21.5 Å². The van der Waals surface area contributed by atoms with Crippen LogP contribution in [0.2, 0.25) is 5.02 Å². The summed E-state index contributed by atoms with van der Waals surface area (Å²) >= 11 is 6.29. The highest BCUT2D eigenvalue weighted by Crippen LogP contribution is 2.53. The van der Waals surface area contributed by atoms with Gasteiger partial charge in [-0.25, -0.2) is 9.78 Å². The molecule has 1 aliphatic carbocycles. The molecule has 9 nitrogen and oxygen atoms in total. The largest absolute Gasteiger partial charge is 0.453 e. The number of halogens is 1. The third kappa shape index (κ3) is 4.30. The number of carbonyl (C=O) groups excluding carboxylic acids is 1. The summed E-state index contributed by atoms with van der Waals surface area (Å²) in [6, 6.07) is 13.4. The SMILES string of the molecule is C=N/N=C(/C1CC2(C1)CN(c1cccc(C#N)n1)C2)N1CCN(C(=O)OC)Cc2cc(Cl)ccc21. The van der Waals surface area contributed by atoms with Gasteiger partial charge >= 0.3 is 6.09 Å². The summed E-state index contributed by atoms with van der Waals surface area (Å²) in [6.07, 6.45) is 1.59. The van der Waals surface area contributed by atoms with E-state index < -0.39 is 0 Å². The molecular formula is C25H26ClN7O2. The molecule has 1 saturated carbocycles. The van der Waals surface area contributed by atoms with Crippen LogP contribution in [0.25, 0.3) is 0 Å². The second-order valence-electron chi connectivity index (χ2n) is 9.37. The normalized spacial score (nSPS) is 19.2. The Kier molecular flexibility index (Phi) is 6.07. The molecule has 1 aromatic heterocycles. The van der Waals surface area contributed by atoms with E-state index in [0.29, 0.717) is 30.4 Å². The maximum atomic E-state index is 12.3.